The zero-order chi connectivity index (χ0) is 18.6. The van der Waals surface area contributed by atoms with Gasteiger partial charge in [-0.15, -0.1) is 36.2 Å². The van der Waals surface area contributed by atoms with Crippen LogP contribution in [-0.2, 0) is 0 Å². The number of amides is 1. The molecule has 29 heavy (non-hydrogen) atoms. The fraction of sp³-hybridized carbons (Fsp3) is 0.250. The topological polar surface area (TPSA) is 67.3 Å². The molecule has 0 spiro atoms. The number of nitrogens with one attached hydrogen (secondary N) is 1. The Morgan fingerprint density at radius 1 is 1.21 bits per heavy atom. The lowest BCUT2D eigenvalue weighted by atomic mass is 10.0. The minimum atomic E-state index is -0.0751. The molecule has 2 aromatic heterocycles. The first kappa shape index (κ1) is 23.1. The number of hydrogen-bond donors (Lipinski definition) is 1. The van der Waals surface area contributed by atoms with E-state index >= 15 is 0 Å². The minimum absolute atomic E-state index is 0. The lowest BCUT2D eigenvalue weighted by Crippen LogP contribution is -2.48. The van der Waals surface area contributed by atoms with Gasteiger partial charge in [-0.25, -0.2) is 4.98 Å². The number of methoxy groups -OCH3 is 1. The number of hydrogen-bond acceptors (Lipinski definition) is 6. The van der Waals surface area contributed by atoms with Gasteiger partial charge in [-0.1, -0.05) is 18.2 Å². The second-order valence-corrected chi connectivity index (χ2v) is 7.26. The molecule has 1 N–H and O–H groups in total. The van der Waals surface area contributed by atoms with Crippen LogP contribution in [-0.4, -0.2) is 47.5 Å². The third-order valence-electron chi connectivity index (χ3n) is 4.65. The van der Waals surface area contributed by atoms with Crippen molar-refractivity contribution in [2.75, 3.05) is 26.7 Å². The summed E-state index contributed by atoms with van der Waals surface area (Å²) in [5.74, 6) is 0.802. The van der Waals surface area contributed by atoms with Gasteiger partial charge in [0.15, 0.2) is 0 Å². The average Bonchev–Trinajstić information content (AvgIpc) is 3.24. The van der Waals surface area contributed by atoms with E-state index in [2.05, 4.69) is 15.3 Å². The molecule has 1 saturated heterocycles. The van der Waals surface area contributed by atoms with Crippen LogP contribution >= 0.6 is 36.2 Å². The Kier molecular flexibility index (Phi) is 8.40. The van der Waals surface area contributed by atoms with Crippen molar-refractivity contribution < 1.29 is 9.53 Å². The SMILES string of the molecule is COc1ccccc1C1CNCCN1C(=O)c1cnc(-c2ccncc2)s1.Cl.Cl. The maximum Gasteiger partial charge on any atom is 0.266 e. The summed E-state index contributed by atoms with van der Waals surface area (Å²) in [7, 11) is 1.66. The van der Waals surface area contributed by atoms with E-state index in [4.69, 9.17) is 4.74 Å². The summed E-state index contributed by atoms with van der Waals surface area (Å²) in [4.78, 5) is 24.3. The molecule has 3 aromatic rings. The van der Waals surface area contributed by atoms with Crippen molar-refractivity contribution in [2.24, 2.45) is 0 Å². The number of halogens is 2. The molecular weight excluding hydrogens is 431 g/mol. The molecule has 1 atom stereocenters. The van der Waals surface area contributed by atoms with Gasteiger partial charge in [-0.3, -0.25) is 9.78 Å². The van der Waals surface area contributed by atoms with Gasteiger partial charge in [-0.2, -0.15) is 0 Å². The summed E-state index contributed by atoms with van der Waals surface area (Å²) >= 11 is 1.41. The van der Waals surface area contributed by atoms with Crippen molar-refractivity contribution in [2.45, 2.75) is 6.04 Å². The molecule has 0 radical (unpaired) electrons. The Hall–Kier alpha value is -2.19. The normalized spacial score (nSPS) is 15.8. The predicted octanol–water partition coefficient (Wildman–Crippen LogP) is 3.84. The van der Waals surface area contributed by atoms with E-state index in [9.17, 15) is 4.79 Å². The van der Waals surface area contributed by atoms with E-state index in [1.807, 2.05) is 41.3 Å². The molecule has 1 aromatic carbocycles. The van der Waals surface area contributed by atoms with Crippen molar-refractivity contribution in [1.82, 2.24) is 20.2 Å². The second kappa shape index (κ2) is 10.5. The van der Waals surface area contributed by atoms with Crippen LogP contribution in [0.25, 0.3) is 10.6 Å². The number of carbonyl (C=O) groups excluding carboxylic acids is 1. The van der Waals surface area contributed by atoms with Gasteiger partial charge < -0.3 is 15.0 Å². The summed E-state index contributed by atoms with van der Waals surface area (Å²) in [5, 5.41) is 4.21. The minimum Gasteiger partial charge on any atom is -0.496 e. The van der Waals surface area contributed by atoms with Crippen molar-refractivity contribution in [3.05, 3.63) is 65.4 Å². The molecule has 6 nitrogen and oxygen atoms in total. The molecule has 4 rings (SSSR count). The molecule has 1 aliphatic heterocycles. The lowest BCUT2D eigenvalue weighted by Gasteiger charge is -2.36. The first-order valence-electron chi connectivity index (χ1n) is 8.79. The molecule has 1 amide bonds. The summed E-state index contributed by atoms with van der Waals surface area (Å²) in [6.45, 7) is 2.11. The zero-order valence-corrected chi connectivity index (χ0v) is 18.2. The molecule has 154 valence electrons. The van der Waals surface area contributed by atoms with E-state index in [1.54, 1.807) is 25.7 Å². The number of pyridine rings is 1. The number of aromatic nitrogens is 2. The molecule has 1 aliphatic rings. The highest BCUT2D eigenvalue weighted by Gasteiger charge is 2.31. The third-order valence-corrected chi connectivity index (χ3v) is 5.68. The van der Waals surface area contributed by atoms with Crippen LogP contribution in [0.1, 0.15) is 21.3 Å². The summed E-state index contributed by atoms with van der Waals surface area (Å²) < 4.78 is 5.51. The number of rotatable bonds is 4. The summed E-state index contributed by atoms with van der Waals surface area (Å²) in [6.07, 6.45) is 5.13. The van der Waals surface area contributed by atoms with E-state index in [-0.39, 0.29) is 36.8 Å². The highest BCUT2D eigenvalue weighted by molar-refractivity contribution is 7.16. The maximum absolute atomic E-state index is 13.2. The number of para-hydroxylation sites is 1. The first-order chi connectivity index (χ1) is 13.3. The Morgan fingerprint density at radius 3 is 2.72 bits per heavy atom. The summed E-state index contributed by atoms with van der Waals surface area (Å²) in [5.41, 5.74) is 1.98. The fourth-order valence-electron chi connectivity index (χ4n) is 3.31. The molecule has 0 saturated carbocycles. The first-order valence-corrected chi connectivity index (χ1v) is 9.60. The van der Waals surface area contributed by atoms with Crippen molar-refractivity contribution >= 4 is 42.1 Å². The summed E-state index contributed by atoms with van der Waals surface area (Å²) in [6, 6.07) is 11.6. The molecule has 3 heterocycles. The smallest absolute Gasteiger partial charge is 0.266 e. The van der Waals surface area contributed by atoms with Crippen LogP contribution in [0.3, 0.4) is 0 Å². The number of carbonyl (C=O) groups is 1. The van der Waals surface area contributed by atoms with E-state index in [0.29, 0.717) is 18.0 Å². The Labute approximate surface area is 186 Å². The molecule has 0 aliphatic carbocycles. The Morgan fingerprint density at radius 2 is 1.97 bits per heavy atom. The largest absolute Gasteiger partial charge is 0.496 e. The number of piperazine rings is 1. The average molecular weight is 453 g/mol. The zero-order valence-electron chi connectivity index (χ0n) is 15.8. The second-order valence-electron chi connectivity index (χ2n) is 6.23. The van der Waals surface area contributed by atoms with Gasteiger partial charge in [0.1, 0.15) is 15.6 Å². The maximum atomic E-state index is 13.2. The lowest BCUT2D eigenvalue weighted by molar-refractivity contribution is 0.0636. The highest BCUT2D eigenvalue weighted by Crippen LogP contribution is 2.33. The van der Waals surface area contributed by atoms with Crippen LogP contribution in [0.2, 0.25) is 0 Å². The van der Waals surface area contributed by atoms with Crippen molar-refractivity contribution in [3.63, 3.8) is 0 Å². The van der Waals surface area contributed by atoms with Crippen LogP contribution in [0, 0.1) is 0 Å². The number of benzene rings is 1. The van der Waals surface area contributed by atoms with E-state index in [1.165, 1.54) is 11.3 Å². The molecule has 0 bridgehead atoms. The van der Waals surface area contributed by atoms with Gasteiger partial charge in [0, 0.05) is 43.2 Å². The van der Waals surface area contributed by atoms with Crippen LogP contribution in [0.4, 0.5) is 0 Å². The standard InChI is InChI=1S/C20H20N4O2S.2ClH/c1-26-17-5-3-2-4-15(17)16-12-22-10-11-24(16)20(25)18-13-23-19(27-18)14-6-8-21-9-7-14;;/h2-9,13,16,22H,10-12H2,1H3;2*1H. The number of ether oxygens (including phenoxy) is 1. The number of nitrogens with zero attached hydrogens (tertiary/aromatic N) is 3. The molecular formula is C20H22Cl2N4O2S. The van der Waals surface area contributed by atoms with Gasteiger partial charge in [-0.05, 0) is 18.2 Å². The highest BCUT2D eigenvalue weighted by atomic mass is 35.5. The Bertz CT molecular complexity index is 939. The number of thiazole rings is 1. The van der Waals surface area contributed by atoms with E-state index in [0.717, 1.165) is 28.4 Å². The molecule has 1 unspecified atom stereocenters. The molecule has 9 heteroatoms. The van der Waals surface area contributed by atoms with E-state index < -0.39 is 0 Å². The van der Waals surface area contributed by atoms with Crippen molar-refractivity contribution in [1.29, 1.82) is 0 Å². The van der Waals surface area contributed by atoms with Gasteiger partial charge in [0.2, 0.25) is 0 Å². The van der Waals surface area contributed by atoms with Gasteiger partial charge >= 0.3 is 0 Å². The predicted molar refractivity (Wildman–Crippen MR) is 119 cm³/mol. The quantitative estimate of drug-likeness (QED) is 0.650. The van der Waals surface area contributed by atoms with Crippen LogP contribution < -0.4 is 10.1 Å². The van der Waals surface area contributed by atoms with Crippen molar-refractivity contribution in [3.8, 4) is 16.3 Å². The molecule has 1 fully saturated rings. The van der Waals surface area contributed by atoms with Crippen LogP contribution in [0.5, 0.6) is 5.75 Å². The van der Waals surface area contributed by atoms with Crippen LogP contribution in [0.15, 0.2) is 55.0 Å². The third kappa shape index (κ3) is 4.87. The van der Waals surface area contributed by atoms with Gasteiger partial charge in [0.05, 0.1) is 19.3 Å². The van der Waals surface area contributed by atoms with Gasteiger partial charge in [0.25, 0.3) is 5.91 Å². The Balaban J connectivity index is 0.00000150. The monoisotopic (exact) mass is 452 g/mol. The fourth-order valence-corrected chi connectivity index (χ4v) is 4.19.